The normalized spacial score (nSPS) is 10.6. The molecule has 2 aromatic heterocycles. The summed E-state index contributed by atoms with van der Waals surface area (Å²) in [7, 11) is 0. The van der Waals surface area contributed by atoms with E-state index in [0.717, 1.165) is 6.08 Å². The lowest BCUT2D eigenvalue weighted by Crippen LogP contribution is -2.20. The number of hydrogen-bond acceptors (Lipinski definition) is 8. The van der Waals surface area contributed by atoms with Crippen molar-refractivity contribution in [3.05, 3.63) is 82.4 Å². The zero-order valence-corrected chi connectivity index (χ0v) is 20.2. The first kappa shape index (κ1) is 24.3. The topological polar surface area (TPSA) is 128 Å². The zero-order valence-electron chi connectivity index (χ0n) is 17.9. The van der Waals surface area contributed by atoms with Crippen LogP contribution >= 0.6 is 34.8 Å². The number of oxazole rings is 1. The van der Waals surface area contributed by atoms with Crippen LogP contribution in [0.25, 0.3) is 11.5 Å². The molecule has 0 radical (unpaired) electrons. The van der Waals surface area contributed by atoms with Crippen LogP contribution in [0.3, 0.4) is 0 Å². The summed E-state index contributed by atoms with van der Waals surface area (Å²) >= 11 is 18.5. The Morgan fingerprint density at radius 3 is 2.57 bits per heavy atom. The van der Waals surface area contributed by atoms with Crippen molar-refractivity contribution in [1.29, 1.82) is 0 Å². The third-order valence-electron chi connectivity index (χ3n) is 4.58. The molecular weight excluding hydrogens is 515 g/mol. The molecule has 4 N–H and O–H groups in total. The predicted octanol–water partition coefficient (Wildman–Crippen LogP) is 6.01. The lowest BCUT2D eigenvalue weighted by atomic mass is 10.2. The van der Waals surface area contributed by atoms with Crippen molar-refractivity contribution in [3.8, 4) is 23.0 Å². The first-order chi connectivity index (χ1) is 16.8. The third-order valence-corrected chi connectivity index (χ3v) is 5.41. The van der Waals surface area contributed by atoms with Gasteiger partial charge in [-0.05, 0) is 42.5 Å². The predicted molar refractivity (Wildman–Crippen MR) is 135 cm³/mol. The van der Waals surface area contributed by atoms with Crippen molar-refractivity contribution in [2.24, 2.45) is 0 Å². The van der Waals surface area contributed by atoms with Gasteiger partial charge in [0.2, 0.25) is 11.8 Å². The highest BCUT2D eigenvalue weighted by Crippen LogP contribution is 2.37. The first-order valence-corrected chi connectivity index (χ1v) is 11.1. The molecule has 0 atom stereocenters. The lowest BCUT2D eigenvalue weighted by molar-refractivity contribution is -0.116. The number of carbonyl (C=O) groups is 1. The third kappa shape index (κ3) is 5.83. The van der Waals surface area contributed by atoms with Gasteiger partial charge in [-0.25, -0.2) is 15.0 Å². The van der Waals surface area contributed by atoms with Crippen LogP contribution in [0, 0.1) is 0 Å². The highest BCUT2D eigenvalue weighted by atomic mass is 35.5. The van der Waals surface area contributed by atoms with Crippen molar-refractivity contribution < 1.29 is 13.9 Å². The van der Waals surface area contributed by atoms with Gasteiger partial charge >= 0.3 is 0 Å². The van der Waals surface area contributed by atoms with Crippen LogP contribution in [0.15, 0.2) is 66.1 Å². The monoisotopic (exact) mass is 530 g/mol. The zero-order chi connectivity index (χ0) is 24.9. The van der Waals surface area contributed by atoms with Crippen LogP contribution in [0.4, 0.5) is 17.3 Å². The molecule has 1 amide bonds. The summed E-state index contributed by atoms with van der Waals surface area (Å²) in [5.74, 6) is 1.14. The number of aromatic nitrogens is 3. The second kappa shape index (κ2) is 10.6. The second-order valence-corrected chi connectivity index (χ2v) is 8.25. The number of rotatable bonds is 8. The van der Waals surface area contributed by atoms with Gasteiger partial charge in [-0.2, -0.15) is 0 Å². The summed E-state index contributed by atoms with van der Waals surface area (Å²) in [6.45, 7) is 3.56. The molecule has 2 aromatic carbocycles. The van der Waals surface area contributed by atoms with E-state index < -0.39 is 0 Å². The quantitative estimate of drug-likeness (QED) is 0.236. The van der Waals surface area contributed by atoms with E-state index in [9.17, 15) is 4.79 Å². The van der Waals surface area contributed by atoms with E-state index in [1.165, 1.54) is 12.6 Å². The Balaban J connectivity index is 1.56. The fraction of sp³-hybridized carbons (Fsp3) is 0.0435. The molecule has 9 nitrogen and oxygen atoms in total. The highest BCUT2D eigenvalue weighted by Gasteiger charge is 2.18. The molecule has 0 aliphatic heterocycles. The number of amides is 1. The molecule has 178 valence electrons. The number of nitrogen functional groups attached to an aromatic ring is 1. The van der Waals surface area contributed by atoms with Crippen LogP contribution in [0.5, 0.6) is 11.5 Å². The van der Waals surface area contributed by atoms with Gasteiger partial charge in [-0.1, -0.05) is 41.4 Å². The Bertz CT molecular complexity index is 1410. The summed E-state index contributed by atoms with van der Waals surface area (Å²) < 4.78 is 11.4. The van der Waals surface area contributed by atoms with Crippen LogP contribution in [0.1, 0.15) is 5.69 Å². The number of anilines is 3. The fourth-order valence-electron chi connectivity index (χ4n) is 2.93. The summed E-state index contributed by atoms with van der Waals surface area (Å²) in [6.07, 6.45) is 3.87. The average molecular weight is 532 g/mol. The highest BCUT2D eigenvalue weighted by molar-refractivity contribution is 6.35. The molecule has 0 spiro atoms. The maximum atomic E-state index is 11.4. The Morgan fingerprint density at radius 2 is 1.86 bits per heavy atom. The van der Waals surface area contributed by atoms with E-state index in [0.29, 0.717) is 49.3 Å². The van der Waals surface area contributed by atoms with E-state index in [4.69, 9.17) is 49.7 Å². The van der Waals surface area contributed by atoms with E-state index in [-0.39, 0.29) is 24.2 Å². The van der Waals surface area contributed by atoms with Crippen LogP contribution in [0.2, 0.25) is 15.1 Å². The van der Waals surface area contributed by atoms with E-state index in [2.05, 4.69) is 32.2 Å². The average Bonchev–Trinajstić information content (AvgIpc) is 3.29. The molecule has 0 aliphatic carbocycles. The van der Waals surface area contributed by atoms with E-state index in [1.54, 1.807) is 36.4 Å². The summed E-state index contributed by atoms with van der Waals surface area (Å²) in [4.78, 5) is 24.0. The van der Waals surface area contributed by atoms with Crippen LogP contribution in [-0.4, -0.2) is 20.9 Å². The van der Waals surface area contributed by atoms with Crippen molar-refractivity contribution in [3.63, 3.8) is 0 Å². The SMILES string of the molecule is C=CC(=O)NCc1coc(-c2c(N)ncnc2Nc2ccc(Oc3ccc(Cl)cc3Cl)c(Cl)c2)n1. The van der Waals surface area contributed by atoms with Crippen molar-refractivity contribution in [2.45, 2.75) is 6.54 Å². The van der Waals surface area contributed by atoms with Crippen LogP contribution in [-0.2, 0) is 11.3 Å². The summed E-state index contributed by atoms with van der Waals surface area (Å²) in [6, 6.07) is 9.94. The maximum Gasteiger partial charge on any atom is 0.243 e. The molecule has 0 saturated heterocycles. The largest absolute Gasteiger partial charge is 0.454 e. The Hall–Kier alpha value is -3.79. The van der Waals surface area contributed by atoms with Gasteiger partial charge in [0.15, 0.2) is 0 Å². The second-order valence-electron chi connectivity index (χ2n) is 7.00. The molecule has 0 bridgehead atoms. The number of nitrogens with zero attached hydrogens (tertiary/aromatic N) is 3. The van der Waals surface area contributed by atoms with Crippen molar-refractivity contribution in [1.82, 2.24) is 20.3 Å². The molecule has 0 saturated carbocycles. The number of hydrogen-bond donors (Lipinski definition) is 3. The molecule has 35 heavy (non-hydrogen) atoms. The smallest absolute Gasteiger partial charge is 0.243 e. The maximum absolute atomic E-state index is 11.4. The molecular formula is C23H17Cl3N6O3. The Kier molecular flexibility index (Phi) is 7.40. The number of carbonyl (C=O) groups excluding carboxylic acids is 1. The number of ether oxygens (including phenoxy) is 1. The Morgan fingerprint density at radius 1 is 1.11 bits per heavy atom. The standard InChI is InChI=1S/C23H17Cl3N6O3/c1-2-19(33)28-9-14-10-34-23(32-14)20-21(27)29-11-30-22(20)31-13-4-6-18(16(26)8-13)35-17-5-3-12(24)7-15(17)25/h2-8,10-11H,1,9H2,(H,28,33)(H3,27,29,30,31). The van der Waals surface area contributed by atoms with Gasteiger partial charge in [-0.3, -0.25) is 4.79 Å². The number of nitrogens with one attached hydrogen (secondary N) is 2. The minimum Gasteiger partial charge on any atom is -0.454 e. The number of halogens is 3. The van der Waals surface area contributed by atoms with Crippen LogP contribution < -0.4 is 21.1 Å². The van der Waals surface area contributed by atoms with Gasteiger partial charge in [0.05, 0.1) is 22.3 Å². The minimum absolute atomic E-state index is 0.148. The summed E-state index contributed by atoms with van der Waals surface area (Å²) in [5.41, 5.74) is 7.50. The molecule has 0 aliphatic rings. The summed E-state index contributed by atoms with van der Waals surface area (Å²) in [5, 5.41) is 6.92. The van der Waals surface area contributed by atoms with Crippen molar-refractivity contribution >= 4 is 58.0 Å². The molecule has 0 unspecified atom stereocenters. The molecule has 4 aromatic rings. The molecule has 2 heterocycles. The number of nitrogens with two attached hydrogens (primary N) is 1. The number of benzene rings is 2. The minimum atomic E-state index is -0.331. The Labute approximate surface area is 214 Å². The van der Waals surface area contributed by atoms with Gasteiger partial charge in [0.1, 0.15) is 41.3 Å². The van der Waals surface area contributed by atoms with Gasteiger partial charge in [-0.15, -0.1) is 0 Å². The molecule has 4 rings (SSSR count). The molecule has 12 heteroatoms. The first-order valence-electron chi connectivity index (χ1n) is 9.99. The fourth-order valence-corrected chi connectivity index (χ4v) is 3.60. The molecule has 0 fully saturated rings. The van der Waals surface area contributed by atoms with E-state index in [1.807, 2.05) is 0 Å². The van der Waals surface area contributed by atoms with Gasteiger partial charge < -0.3 is 25.5 Å². The lowest BCUT2D eigenvalue weighted by Gasteiger charge is -2.13. The van der Waals surface area contributed by atoms with Gasteiger partial charge in [0.25, 0.3) is 0 Å². The van der Waals surface area contributed by atoms with E-state index >= 15 is 0 Å². The van der Waals surface area contributed by atoms with Gasteiger partial charge in [0, 0.05) is 10.7 Å². The van der Waals surface area contributed by atoms with Crippen molar-refractivity contribution in [2.75, 3.05) is 11.1 Å².